The van der Waals surface area contributed by atoms with Crippen LogP contribution < -0.4 is 20.1 Å². The Kier molecular flexibility index (Phi) is 8.09. The molecule has 0 aliphatic heterocycles. The lowest BCUT2D eigenvalue weighted by molar-refractivity contribution is -0.119. The molecule has 2 rings (SSSR count). The van der Waals surface area contributed by atoms with Crippen LogP contribution in [0.5, 0.6) is 17.2 Å². The minimum Gasteiger partial charge on any atom is -0.497 e. The van der Waals surface area contributed by atoms with Crippen molar-refractivity contribution in [2.24, 2.45) is 5.92 Å². The molecule has 2 aromatic rings. The number of ether oxygens (including phenoxy) is 2. The lowest BCUT2D eigenvalue weighted by atomic mass is 10.1. The molecule has 1 unspecified atom stereocenters. The molecule has 0 radical (unpaired) electrons. The number of carbonyl (C=O) groups is 1. The highest BCUT2D eigenvalue weighted by atomic mass is 35.5. The topological polar surface area (TPSA) is 59.6 Å². The molecule has 5 nitrogen and oxygen atoms in total. The number of amides is 1. The van der Waals surface area contributed by atoms with Crippen LogP contribution in [0.2, 0.25) is 0 Å². The van der Waals surface area contributed by atoms with Gasteiger partial charge >= 0.3 is 0 Å². The molecule has 0 heterocycles. The number of nitrogens with one attached hydrogen (secondary N) is 2. The maximum absolute atomic E-state index is 12.0. The highest BCUT2D eigenvalue weighted by molar-refractivity contribution is 5.92. The second-order valence-corrected chi connectivity index (χ2v) is 5.25. The van der Waals surface area contributed by atoms with Crippen molar-refractivity contribution >= 4 is 24.0 Å². The van der Waals surface area contributed by atoms with E-state index in [1.54, 1.807) is 7.11 Å². The summed E-state index contributed by atoms with van der Waals surface area (Å²) in [5.74, 6) is 2.03. The number of hydrogen-bond donors (Lipinski definition) is 2. The zero-order valence-electron chi connectivity index (χ0n) is 14.0. The normalized spacial score (nSPS) is 11.1. The van der Waals surface area contributed by atoms with E-state index in [0.717, 1.165) is 11.4 Å². The Labute approximate surface area is 148 Å². The average molecular weight is 351 g/mol. The first-order valence-corrected chi connectivity index (χ1v) is 7.50. The van der Waals surface area contributed by atoms with Crippen molar-refractivity contribution in [2.75, 3.05) is 26.0 Å². The Balaban J connectivity index is 0.00000288. The van der Waals surface area contributed by atoms with Gasteiger partial charge in [-0.05, 0) is 43.4 Å². The van der Waals surface area contributed by atoms with Crippen LogP contribution >= 0.6 is 12.4 Å². The first-order chi connectivity index (χ1) is 11.1. The van der Waals surface area contributed by atoms with E-state index in [1.807, 2.05) is 62.5 Å². The quantitative estimate of drug-likeness (QED) is 0.799. The second-order valence-electron chi connectivity index (χ2n) is 5.25. The van der Waals surface area contributed by atoms with Gasteiger partial charge in [0, 0.05) is 24.2 Å². The zero-order valence-corrected chi connectivity index (χ0v) is 14.9. The smallest absolute Gasteiger partial charge is 0.228 e. The largest absolute Gasteiger partial charge is 0.497 e. The number of benzene rings is 2. The third kappa shape index (κ3) is 5.76. The highest BCUT2D eigenvalue weighted by Gasteiger charge is 2.11. The average Bonchev–Trinajstić information content (AvgIpc) is 2.57. The summed E-state index contributed by atoms with van der Waals surface area (Å²) in [5, 5.41) is 5.87. The van der Waals surface area contributed by atoms with E-state index in [4.69, 9.17) is 9.47 Å². The summed E-state index contributed by atoms with van der Waals surface area (Å²) in [5.41, 5.74) is 0.746. The molecule has 0 aromatic heterocycles. The lowest BCUT2D eigenvalue weighted by Crippen LogP contribution is -2.28. The first kappa shape index (κ1) is 19.8. The Bertz CT molecular complexity index is 647. The van der Waals surface area contributed by atoms with Crippen molar-refractivity contribution < 1.29 is 14.3 Å². The van der Waals surface area contributed by atoms with Crippen LogP contribution in [0.3, 0.4) is 0 Å². The van der Waals surface area contributed by atoms with Gasteiger partial charge in [0.25, 0.3) is 0 Å². The van der Waals surface area contributed by atoms with Gasteiger partial charge in [0.2, 0.25) is 5.91 Å². The molecular weight excluding hydrogens is 328 g/mol. The molecule has 1 amide bonds. The van der Waals surface area contributed by atoms with Crippen LogP contribution in [0.4, 0.5) is 5.69 Å². The van der Waals surface area contributed by atoms with Crippen molar-refractivity contribution in [1.29, 1.82) is 0 Å². The number of rotatable bonds is 7. The number of anilines is 1. The van der Waals surface area contributed by atoms with E-state index in [0.29, 0.717) is 18.0 Å². The first-order valence-electron chi connectivity index (χ1n) is 7.50. The maximum Gasteiger partial charge on any atom is 0.228 e. The van der Waals surface area contributed by atoms with Crippen molar-refractivity contribution in [3.05, 3.63) is 48.5 Å². The molecule has 0 fully saturated rings. The number of hydrogen-bond acceptors (Lipinski definition) is 4. The predicted molar refractivity (Wildman–Crippen MR) is 98.5 cm³/mol. The molecule has 1 atom stereocenters. The van der Waals surface area contributed by atoms with Gasteiger partial charge in [-0.3, -0.25) is 4.79 Å². The van der Waals surface area contributed by atoms with Gasteiger partial charge in [-0.2, -0.15) is 0 Å². The Morgan fingerprint density at radius 1 is 1.08 bits per heavy atom. The fourth-order valence-corrected chi connectivity index (χ4v) is 2.07. The van der Waals surface area contributed by atoms with Crippen LogP contribution in [-0.4, -0.2) is 26.6 Å². The summed E-state index contributed by atoms with van der Waals surface area (Å²) in [4.78, 5) is 12.0. The number of methoxy groups -OCH3 is 1. The van der Waals surface area contributed by atoms with Crippen LogP contribution in [0.25, 0.3) is 0 Å². The lowest BCUT2D eigenvalue weighted by Gasteiger charge is -2.12. The Morgan fingerprint density at radius 2 is 1.75 bits per heavy atom. The zero-order chi connectivity index (χ0) is 16.7. The molecule has 0 aliphatic carbocycles. The standard InChI is InChI=1S/C18H22N2O3.ClH/c1-13(12-19-2)18(21)20-14-7-9-15(10-8-14)23-17-6-4-5-16(11-17)22-3;/h4-11,13,19H,12H2,1-3H3,(H,20,21);1H. The third-order valence-electron chi connectivity index (χ3n) is 3.36. The fraction of sp³-hybridized carbons (Fsp3) is 0.278. The summed E-state index contributed by atoms with van der Waals surface area (Å²) >= 11 is 0. The van der Waals surface area contributed by atoms with Gasteiger partial charge in [-0.15, -0.1) is 12.4 Å². The second kappa shape index (κ2) is 9.80. The monoisotopic (exact) mass is 350 g/mol. The summed E-state index contributed by atoms with van der Waals surface area (Å²) in [6, 6.07) is 14.7. The van der Waals surface area contributed by atoms with Gasteiger partial charge in [0.1, 0.15) is 17.2 Å². The minimum absolute atomic E-state index is 0. The van der Waals surface area contributed by atoms with E-state index in [2.05, 4.69) is 10.6 Å². The fourth-order valence-electron chi connectivity index (χ4n) is 2.07. The Hall–Kier alpha value is -2.24. The number of carbonyl (C=O) groups excluding carboxylic acids is 1. The van der Waals surface area contributed by atoms with Crippen molar-refractivity contribution in [3.63, 3.8) is 0 Å². The molecule has 0 bridgehead atoms. The van der Waals surface area contributed by atoms with Crippen LogP contribution in [0.15, 0.2) is 48.5 Å². The van der Waals surface area contributed by atoms with Gasteiger partial charge in [0.05, 0.1) is 7.11 Å². The molecule has 0 spiro atoms. The van der Waals surface area contributed by atoms with Crippen molar-refractivity contribution in [1.82, 2.24) is 5.32 Å². The molecule has 0 saturated heterocycles. The van der Waals surface area contributed by atoms with Gasteiger partial charge in [-0.25, -0.2) is 0 Å². The SMILES string of the molecule is CNCC(C)C(=O)Nc1ccc(Oc2cccc(OC)c2)cc1.Cl. The van der Waals surface area contributed by atoms with Gasteiger partial charge in [-0.1, -0.05) is 13.0 Å². The van der Waals surface area contributed by atoms with E-state index >= 15 is 0 Å². The Morgan fingerprint density at radius 3 is 2.38 bits per heavy atom. The molecule has 0 aliphatic rings. The van der Waals surface area contributed by atoms with E-state index in [-0.39, 0.29) is 24.2 Å². The third-order valence-corrected chi connectivity index (χ3v) is 3.36. The van der Waals surface area contributed by atoms with Gasteiger partial charge in [0.15, 0.2) is 0 Å². The predicted octanol–water partition coefficient (Wildman–Crippen LogP) is 3.70. The summed E-state index contributed by atoms with van der Waals surface area (Å²) < 4.78 is 10.9. The van der Waals surface area contributed by atoms with Crippen LogP contribution in [0, 0.1) is 5.92 Å². The van der Waals surface area contributed by atoms with Crippen LogP contribution in [-0.2, 0) is 4.79 Å². The summed E-state index contributed by atoms with van der Waals surface area (Å²) in [6.07, 6.45) is 0. The van der Waals surface area contributed by atoms with E-state index in [9.17, 15) is 4.79 Å². The van der Waals surface area contributed by atoms with Crippen molar-refractivity contribution in [2.45, 2.75) is 6.92 Å². The van der Waals surface area contributed by atoms with Gasteiger partial charge < -0.3 is 20.1 Å². The molecule has 130 valence electrons. The maximum atomic E-state index is 12.0. The van der Waals surface area contributed by atoms with Crippen LogP contribution in [0.1, 0.15) is 6.92 Å². The molecule has 0 saturated carbocycles. The molecular formula is C18H23ClN2O3. The summed E-state index contributed by atoms with van der Waals surface area (Å²) in [6.45, 7) is 2.52. The highest BCUT2D eigenvalue weighted by Crippen LogP contribution is 2.26. The molecule has 6 heteroatoms. The summed E-state index contributed by atoms with van der Waals surface area (Å²) in [7, 11) is 3.44. The van der Waals surface area contributed by atoms with Crippen molar-refractivity contribution in [3.8, 4) is 17.2 Å². The minimum atomic E-state index is -0.0901. The molecule has 24 heavy (non-hydrogen) atoms. The number of halogens is 1. The van der Waals surface area contributed by atoms with E-state index < -0.39 is 0 Å². The molecule has 2 N–H and O–H groups in total. The molecule has 2 aromatic carbocycles. The van der Waals surface area contributed by atoms with E-state index in [1.165, 1.54) is 0 Å².